The van der Waals surface area contributed by atoms with Crippen LogP contribution in [0.25, 0.3) is 0 Å². The molecule has 0 heterocycles. The molecule has 2 N–H and O–H groups in total. The van der Waals surface area contributed by atoms with Crippen LogP contribution in [0, 0.1) is 0 Å². The Balaban J connectivity index is 0.000000200. The molecule has 0 saturated heterocycles. The van der Waals surface area contributed by atoms with Gasteiger partial charge in [0.15, 0.2) is 0 Å². The van der Waals surface area contributed by atoms with Crippen molar-refractivity contribution in [3.8, 4) is 5.75 Å². The number of benzene rings is 3. The SMILES string of the molecule is COc1c(C(=O)O)cccc1C(=O)O.c1ccc(N=Nc2ccccc2)cc1. The van der Waals surface area contributed by atoms with Crippen LogP contribution in [0.3, 0.4) is 0 Å². The summed E-state index contributed by atoms with van der Waals surface area (Å²) in [5.74, 6) is -2.57. The fourth-order valence-electron chi connectivity index (χ4n) is 2.20. The van der Waals surface area contributed by atoms with E-state index in [9.17, 15) is 9.59 Å². The van der Waals surface area contributed by atoms with E-state index in [1.807, 2.05) is 60.7 Å². The number of para-hydroxylation sites is 1. The maximum Gasteiger partial charge on any atom is 0.339 e. The Hall–Kier alpha value is -4.00. The molecule has 0 aliphatic heterocycles. The van der Waals surface area contributed by atoms with Gasteiger partial charge in [-0.2, -0.15) is 10.2 Å². The number of azo groups is 1. The van der Waals surface area contributed by atoms with E-state index in [0.29, 0.717) is 0 Å². The van der Waals surface area contributed by atoms with Gasteiger partial charge in [0.05, 0.1) is 18.5 Å². The van der Waals surface area contributed by atoms with Gasteiger partial charge >= 0.3 is 11.9 Å². The summed E-state index contributed by atoms with van der Waals surface area (Å²) in [4.78, 5) is 21.4. The molecular weight excluding hydrogens is 360 g/mol. The Kier molecular flexibility index (Phi) is 7.42. The number of carboxylic acids is 2. The van der Waals surface area contributed by atoms with E-state index >= 15 is 0 Å². The maximum absolute atomic E-state index is 10.7. The first-order valence-electron chi connectivity index (χ1n) is 8.18. The molecule has 0 aliphatic rings. The zero-order chi connectivity index (χ0) is 20.4. The van der Waals surface area contributed by atoms with Gasteiger partial charge in [-0.25, -0.2) is 9.59 Å². The summed E-state index contributed by atoms with van der Waals surface area (Å²) in [5.41, 5.74) is 1.42. The highest BCUT2D eigenvalue weighted by atomic mass is 16.5. The summed E-state index contributed by atoms with van der Waals surface area (Å²) in [7, 11) is 1.23. The van der Waals surface area contributed by atoms with E-state index in [0.717, 1.165) is 11.4 Å². The van der Waals surface area contributed by atoms with Crippen molar-refractivity contribution in [1.82, 2.24) is 0 Å². The Labute approximate surface area is 161 Å². The molecule has 0 aliphatic carbocycles. The number of carbonyl (C=O) groups is 2. The highest BCUT2D eigenvalue weighted by molar-refractivity contribution is 5.98. The van der Waals surface area contributed by atoms with E-state index < -0.39 is 11.9 Å². The molecule has 3 rings (SSSR count). The summed E-state index contributed by atoms with van der Waals surface area (Å²) >= 11 is 0. The van der Waals surface area contributed by atoms with E-state index in [1.165, 1.54) is 25.3 Å². The van der Waals surface area contributed by atoms with E-state index in [2.05, 4.69) is 10.2 Å². The molecule has 7 heteroatoms. The van der Waals surface area contributed by atoms with Crippen LogP contribution in [0.2, 0.25) is 0 Å². The van der Waals surface area contributed by atoms with Crippen LogP contribution >= 0.6 is 0 Å². The van der Waals surface area contributed by atoms with Crippen molar-refractivity contribution in [2.24, 2.45) is 10.2 Å². The fraction of sp³-hybridized carbons (Fsp3) is 0.0476. The van der Waals surface area contributed by atoms with Crippen LogP contribution < -0.4 is 4.74 Å². The second-order valence-corrected chi connectivity index (χ2v) is 5.37. The van der Waals surface area contributed by atoms with Crippen LogP contribution in [0.15, 0.2) is 89.1 Å². The molecule has 0 fully saturated rings. The Morgan fingerprint density at radius 1 is 0.679 bits per heavy atom. The molecule has 7 nitrogen and oxygen atoms in total. The summed E-state index contributed by atoms with van der Waals surface area (Å²) < 4.78 is 4.74. The Morgan fingerprint density at radius 3 is 1.39 bits per heavy atom. The van der Waals surface area contributed by atoms with Crippen LogP contribution in [0.1, 0.15) is 20.7 Å². The minimum absolute atomic E-state index is 0.132. The second kappa shape index (κ2) is 10.2. The third kappa shape index (κ3) is 5.77. The number of aromatic carboxylic acids is 2. The predicted molar refractivity (Wildman–Crippen MR) is 104 cm³/mol. The molecule has 0 saturated carbocycles. The summed E-state index contributed by atoms with van der Waals surface area (Å²) in [6.07, 6.45) is 0. The summed E-state index contributed by atoms with van der Waals surface area (Å²) in [6, 6.07) is 23.3. The lowest BCUT2D eigenvalue weighted by atomic mass is 10.1. The van der Waals surface area contributed by atoms with Crippen molar-refractivity contribution >= 4 is 23.3 Å². The van der Waals surface area contributed by atoms with Crippen LogP contribution in [-0.4, -0.2) is 29.3 Å². The van der Waals surface area contributed by atoms with E-state index in [4.69, 9.17) is 14.9 Å². The number of hydrogen-bond donors (Lipinski definition) is 2. The molecule has 0 bridgehead atoms. The molecular formula is C21H18N2O5. The van der Waals surface area contributed by atoms with Gasteiger partial charge in [-0.05, 0) is 36.4 Å². The molecule has 3 aromatic rings. The van der Waals surface area contributed by atoms with E-state index in [1.54, 1.807) is 0 Å². The van der Waals surface area contributed by atoms with Gasteiger partial charge in [-0.1, -0.05) is 42.5 Å². The fourth-order valence-corrected chi connectivity index (χ4v) is 2.20. The zero-order valence-corrected chi connectivity index (χ0v) is 15.0. The zero-order valence-electron chi connectivity index (χ0n) is 15.0. The minimum atomic E-state index is -1.22. The van der Waals surface area contributed by atoms with Gasteiger partial charge in [0.2, 0.25) is 0 Å². The molecule has 28 heavy (non-hydrogen) atoms. The lowest BCUT2D eigenvalue weighted by Gasteiger charge is -2.07. The Morgan fingerprint density at radius 2 is 1.07 bits per heavy atom. The predicted octanol–water partition coefficient (Wildman–Crippen LogP) is 5.19. The van der Waals surface area contributed by atoms with Crippen molar-refractivity contribution in [2.45, 2.75) is 0 Å². The summed E-state index contributed by atoms with van der Waals surface area (Å²) in [6.45, 7) is 0. The molecule has 142 valence electrons. The number of ether oxygens (including phenoxy) is 1. The average molecular weight is 378 g/mol. The van der Waals surface area contributed by atoms with E-state index in [-0.39, 0.29) is 16.9 Å². The van der Waals surface area contributed by atoms with Crippen molar-refractivity contribution in [1.29, 1.82) is 0 Å². The highest BCUT2D eigenvalue weighted by Gasteiger charge is 2.18. The van der Waals surface area contributed by atoms with Crippen molar-refractivity contribution in [3.05, 3.63) is 90.0 Å². The molecule has 0 spiro atoms. The number of methoxy groups -OCH3 is 1. The van der Waals surface area contributed by atoms with Gasteiger partial charge in [-0.3, -0.25) is 0 Å². The molecule has 0 aromatic heterocycles. The molecule has 0 atom stereocenters. The first kappa shape index (κ1) is 20.3. The lowest BCUT2D eigenvalue weighted by Crippen LogP contribution is -2.06. The summed E-state index contributed by atoms with van der Waals surface area (Å²) in [5, 5.41) is 25.7. The van der Waals surface area contributed by atoms with Crippen LogP contribution in [0.5, 0.6) is 5.75 Å². The number of hydrogen-bond acceptors (Lipinski definition) is 5. The number of carboxylic acid groups (broad SMARTS) is 2. The van der Waals surface area contributed by atoms with Crippen molar-refractivity contribution in [3.63, 3.8) is 0 Å². The van der Waals surface area contributed by atoms with Crippen LogP contribution in [0.4, 0.5) is 11.4 Å². The topological polar surface area (TPSA) is 109 Å². The quantitative estimate of drug-likeness (QED) is 0.594. The Bertz CT molecular complexity index is 883. The minimum Gasteiger partial charge on any atom is -0.495 e. The van der Waals surface area contributed by atoms with Gasteiger partial charge in [0.1, 0.15) is 16.9 Å². The maximum atomic E-state index is 10.7. The lowest BCUT2D eigenvalue weighted by molar-refractivity contribution is 0.0691. The standard InChI is InChI=1S/C12H10N2.C9H8O5/c1-3-7-11(8-4-1)13-14-12-9-5-2-6-10-12;1-14-7-5(8(10)11)3-2-4-6(7)9(12)13/h1-10H;2-4H,1H3,(H,10,11)(H,12,13). The van der Waals surface area contributed by atoms with Gasteiger partial charge in [0.25, 0.3) is 0 Å². The normalized spacial score (nSPS) is 10.0. The van der Waals surface area contributed by atoms with Crippen LogP contribution in [-0.2, 0) is 0 Å². The average Bonchev–Trinajstić information content (AvgIpc) is 2.73. The van der Waals surface area contributed by atoms with Gasteiger partial charge < -0.3 is 14.9 Å². The third-order valence-corrected chi connectivity index (χ3v) is 3.47. The largest absolute Gasteiger partial charge is 0.495 e. The molecule has 0 unspecified atom stereocenters. The van der Waals surface area contributed by atoms with Crippen molar-refractivity contribution < 1.29 is 24.5 Å². The monoisotopic (exact) mass is 378 g/mol. The highest BCUT2D eigenvalue weighted by Crippen LogP contribution is 2.23. The third-order valence-electron chi connectivity index (χ3n) is 3.47. The van der Waals surface area contributed by atoms with Crippen molar-refractivity contribution in [2.75, 3.05) is 7.11 Å². The number of rotatable bonds is 5. The first-order chi connectivity index (χ1) is 13.5. The first-order valence-corrected chi connectivity index (χ1v) is 8.18. The van der Waals surface area contributed by atoms with Gasteiger partial charge in [0, 0.05) is 0 Å². The molecule has 3 aromatic carbocycles. The van der Waals surface area contributed by atoms with Gasteiger partial charge in [-0.15, -0.1) is 0 Å². The molecule has 0 amide bonds. The number of nitrogens with zero attached hydrogens (tertiary/aromatic N) is 2. The second-order valence-electron chi connectivity index (χ2n) is 5.37. The molecule has 0 radical (unpaired) electrons. The smallest absolute Gasteiger partial charge is 0.339 e.